The van der Waals surface area contributed by atoms with E-state index in [0.717, 1.165) is 16.9 Å². The number of anilines is 1. The number of benzene rings is 1. The van der Waals surface area contributed by atoms with Gasteiger partial charge in [0.15, 0.2) is 0 Å². The van der Waals surface area contributed by atoms with Crippen LogP contribution in [0.15, 0.2) is 23.2 Å². The van der Waals surface area contributed by atoms with Gasteiger partial charge >= 0.3 is 0 Å². The van der Waals surface area contributed by atoms with Crippen LogP contribution >= 0.6 is 0 Å². The number of nitrogens with two attached hydrogens (primary N) is 1. The molecule has 0 fully saturated rings. The van der Waals surface area contributed by atoms with Crippen molar-refractivity contribution in [2.45, 2.75) is 6.92 Å². The molecule has 2 N–H and O–H groups in total. The second-order valence-electron chi connectivity index (χ2n) is 2.20. The van der Waals surface area contributed by atoms with Gasteiger partial charge in [0.2, 0.25) is 0 Å². The van der Waals surface area contributed by atoms with Crippen molar-refractivity contribution in [1.82, 2.24) is 0 Å². The smallest absolute Gasteiger partial charge is 0.0653 e. The number of nitrogen functional groups attached to an aromatic ring is 1. The van der Waals surface area contributed by atoms with Crippen molar-refractivity contribution in [3.05, 3.63) is 23.8 Å². The minimum atomic E-state index is 0.768. The van der Waals surface area contributed by atoms with Crippen LogP contribution in [0.3, 0.4) is 0 Å². The normalized spacial score (nSPS) is 9.30. The molecule has 0 spiro atoms. The van der Waals surface area contributed by atoms with E-state index in [1.54, 1.807) is 0 Å². The molecule has 0 aliphatic heterocycles. The second-order valence-corrected chi connectivity index (χ2v) is 2.20. The summed E-state index contributed by atoms with van der Waals surface area (Å²) in [5, 5.41) is 0. The molecule has 2 heteroatoms. The molecule has 0 aliphatic rings. The van der Waals surface area contributed by atoms with Crippen LogP contribution in [0.25, 0.3) is 0 Å². The zero-order valence-corrected chi connectivity index (χ0v) is 5.96. The number of aryl methyl sites for hydroxylation is 1. The van der Waals surface area contributed by atoms with Gasteiger partial charge in [-0.2, -0.15) is 0 Å². The van der Waals surface area contributed by atoms with E-state index in [1.165, 1.54) is 0 Å². The Balaban J connectivity index is 3.19. The Morgan fingerprint density at radius 3 is 2.70 bits per heavy atom. The highest BCUT2D eigenvalue weighted by molar-refractivity contribution is 5.56. The van der Waals surface area contributed by atoms with E-state index >= 15 is 0 Å². The lowest BCUT2D eigenvalue weighted by Gasteiger charge is -1.98. The second kappa shape index (κ2) is 2.52. The van der Waals surface area contributed by atoms with E-state index in [-0.39, 0.29) is 0 Å². The van der Waals surface area contributed by atoms with Crippen molar-refractivity contribution >= 4 is 18.1 Å². The molecular weight excluding hydrogens is 124 g/mol. The van der Waals surface area contributed by atoms with E-state index < -0.39 is 0 Å². The summed E-state index contributed by atoms with van der Waals surface area (Å²) in [6.07, 6.45) is 0. The molecule has 0 bridgehead atoms. The molecule has 0 heterocycles. The van der Waals surface area contributed by atoms with Crippen molar-refractivity contribution in [3.8, 4) is 0 Å². The van der Waals surface area contributed by atoms with Crippen molar-refractivity contribution < 1.29 is 0 Å². The van der Waals surface area contributed by atoms with Crippen LogP contribution in [0.4, 0.5) is 11.4 Å². The molecule has 0 aromatic heterocycles. The first-order valence-electron chi connectivity index (χ1n) is 3.07. The van der Waals surface area contributed by atoms with Gasteiger partial charge in [0.25, 0.3) is 0 Å². The maximum absolute atomic E-state index is 5.52. The summed E-state index contributed by atoms with van der Waals surface area (Å²) in [5.41, 5.74) is 8.25. The van der Waals surface area contributed by atoms with E-state index in [2.05, 4.69) is 11.7 Å². The topological polar surface area (TPSA) is 38.4 Å². The Morgan fingerprint density at radius 2 is 2.20 bits per heavy atom. The fourth-order valence-corrected chi connectivity index (χ4v) is 0.856. The molecule has 0 amide bonds. The summed E-state index contributed by atoms with van der Waals surface area (Å²) < 4.78 is 0. The molecule has 0 saturated heterocycles. The van der Waals surface area contributed by atoms with Crippen LogP contribution in [0.1, 0.15) is 5.56 Å². The van der Waals surface area contributed by atoms with Crippen molar-refractivity contribution in [2.75, 3.05) is 5.73 Å². The minimum absolute atomic E-state index is 0.768. The Labute approximate surface area is 60.4 Å². The van der Waals surface area contributed by atoms with Crippen LogP contribution in [-0.2, 0) is 0 Å². The van der Waals surface area contributed by atoms with Gasteiger partial charge in [0, 0.05) is 5.69 Å². The summed E-state index contributed by atoms with van der Waals surface area (Å²) in [6.45, 7) is 5.39. The van der Waals surface area contributed by atoms with Gasteiger partial charge in [-0.05, 0) is 37.4 Å². The number of rotatable bonds is 1. The van der Waals surface area contributed by atoms with E-state index in [9.17, 15) is 0 Å². The molecule has 1 rings (SSSR count). The predicted molar refractivity (Wildman–Crippen MR) is 44.8 cm³/mol. The van der Waals surface area contributed by atoms with Gasteiger partial charge in [-0.25, -0.2) is 0 Å². The van der Waals surface area contributed by atoms with Gasteiger partial charge in [-0.15, -0.1) is 0 Å². The first-order chi connectivity index (χ1) is 4.74. The summed E-state index contributed by atoms with van der Waals surface area (Å²) >= 11 is 0. The van der Waals surface area contributed by atoms with E-state index in [4.69, 9.17) is 5.73 Å². The fraction of sp³-hybridized carbons (Fsp3) is 0.125. The fourth-order valence-electron chi connectivity index (χ4n) is 0.856. The average Bonchev–Trinajstić information content (AvgIpc) is 1.88. The maximum atomic E-state index is 5.52. The molecule has 52 valence electrons. The highest BCUT2D eigenvalue weighted by Crippen LogP contribution is 2.19. The van der Waals surface area contributed by atoms with Crippen molar-refractivity contribution in [2.24, 2.45) is 4.99 Å². The van der Waals surface area contributed by atoms with Gasteiger partial charge < -0.3 is 5.73 Å². The molecule has 1 aromatic rings. The molecule has 0 aliphatic carbocycles. The zero-order chi connectivity index (χ0) is 7.56. The SMILES string of the molecule is C=Nc1ccc(N)cc1C. The van der Waals surface area contributed by atoms with Crippen LogP contribution in [0.2, 0.25) is 0 Å². The first kappa shape index (κ1) is 6.81. The number of aliphatic imine (C=N–C) groups is 1. The number of hydrogen-bond acceptors (Lipinski definition) is 2. The third kappa shape index (κ3) is 1.16. The lowest BCUT2D eigenvalue weighted by Crippen LogP contribution is -1.84. The molecule has 2 nitrogen and oxygen atoms in total. The van der Waals surface area contributed by atoms with Gasteiger partial charge in [0.1, 0.15) is 0 Å². The molecule has 0 saturated carbocycles. The van der Waals surface area contributed by atoms with Gasteiger partial charge in [0.05, 0.1) is 5.69 Å². The van der Waals surface area contributed by atoms with E-state index in [1.807, 2.05) is 25.1 Å². The number of nitrogens with zero attached hydrogens (tertiary/aromatic N) is 1. The standard InChI is InChI=1S/C8H10N2/c1-6-5-7(9)3-4-8(6)10-2/h3-5H,2,9H2,1H3. The summed E-state index contributed by atoms with van der Waals surface area (Å²) in [5.74, 6) is 0. The molecule has 0 unspecified atom stereocenters. The van der Waals surface area contributed by atoms with Crippen LogP contribution in [0.5, 0.6) is 0 Å². The van der Waals surface area contributed by atoms with Crippen LogP contribution in [-0.4, -0.2) is 6.72 Å². The lowest BCUT2D eigenvalue weighted by atomic mass is 10.2. The largest absolute Gasteiger partial charge is 0.399 e. The summed E-state index contributed by atoms with van der Waals surface area (Å²) in [6, 6.07) is 5.55. The van der Waals surface area contributed by atoms with E-state index in [0.29, 0.717) is 0 Å². The van der Waals surface area contributed by atoms with Gasteiger partial charge in [-0.3, -0.25) is 4.99 Å². The quantitative estimate of drug-likeness (QED) is 0.462. The first-order valence-corrected chi connectivity index (χ1v) is 3.07. The summed E-state index contributed by atoms with van der Waals surface area (Å²) in [4.78, 5) is 3.81. The number of hydrogen-bond donors (Lipinski definition) is 1. The minimum Gasteiger partial charge on any atom is -0.399 e. The molecule has 1 aromatic carbocycles. The predicted octanol–water partition coefficient (Wildman–Crippen LogP) is 1.91. The Kier molecular flexibility index (Phi) is 1.71. The molecular formula is C8H10N2. The maximum Gasteiger partial charge on any atom is 0.0653 e. The highest BCUT2D eigenvalue weighted by Gasteiger charge is 1.92. The monoisotopic (exact) mass is 134 g/mol. The summed E-state index contributed by atoms with van der Waals surface area (Å²) in [7, 11) is 0. The lowest BCUT2D eigenvalue weighted by molar-refractivity contribution is 1.41. The third-order valence-corrected chi connectivity index (χ3v) is 1.39. The zero-order valence-electron chi connectivity index (χ0n) is 5.96. The molecule has 0 radical (unpaired) electrons. The van der Waals surface area contributed by atoms with Crippen LogP contribution < -0.4 is 5.73 Å². The Bertz CT molecular complexity index is 253. The Hall–Kier alpha value is -1.31. The van der Waals surface area contributed by atoms with Gasteiger partial charge in [-0.1, -0.05) is 0 Å². The highest BCUT2D eigenvalue weighted by atomic mass is 14.7. The Morgan fingerprint density at radius 1 is 1.50 bits per heavy atom. The third-order valence-electron chi connectivity index (χ3n) is 1.39. The van der Waals surface area contributed by atoms with Crippen LogP contribution in [0, 0.1) is 6.92 Å². The molecule has 10 heavy (non-hydrogen) atoms. The average molecular weight is 134 g/mol. The molecule has 0 atom stereocenters. The van der Waals surface area contributed by atoms with Crippen molar-refractivity contribution in [3.63, 3.8) is 0 Å². The van der Waals surface area contributed by atoms with Crippen molar-refractivity contribution in [1.29, 1.82) is 0 Å².